The Labute approximate surface area is 209 Å². The molecule has 1 saturated heterocycles. The number of carbonyl (C=O) groups is 2. The van der Waals surface area contributed by atoms with E-state index >= 15 is 0 Å². The van der Waals surface area contributed by atoms with Crippen LogP contribution in [0.4, 0.5) is 0 Å². The molecule has 1 aromatic heterocycles. The zero-order chi connectivity index (χ0) is 25.7. The molecule has 1 N–H and O–H groups in total. The van der Waals surface area contributed by atoms with Crippen LogP contribution in [0.2, 0.25) is 0 Å². The van der Waals surface area contributed by atoms with Crippen LogP contribution >= 0.6 is 0 Å². The number of hydrogen-bond donors (Lipinski definition) is 1. The second kappa shape index (κ2) is 11.0. The molecule has 1 amide bonds. The maximum Gasteiger partial charge on any atom is 0.296 e. The molecule has 4 rings (SSSR count). The average molecular weight is 492 g/mol. The Morgan fingerprint density at radius 1 is 0.917 bits per heavy atom. The largest absolute Gasteiger partial charge is 0.507 e. The van der Waals surface area contributed by atoms with Crippen molar-refractivity contribution in [1.29, 1.82) is 0 Å². The summed E-state index contributed by atoms with van der Waals surface area (Å²) < 4.78 is 22.3. The highest BCUT2D eigenvalue weighted by Crippen LogP contribution is 2.42. The number of hydrogen-bond acceptors (Lipinski definition) is 7. The molecule has 0 bridgehead atoms. The summed E-state index contributed by atoms with van der Waals surface area (Å²) in [7, 11) is 0. The highest BCUT2D eigenvalue weighted by Gasteiger charge is 2.46. The Morgan fingerprint density at radius 2 is 1.58 bits per heavy atom. The van der Waals surface area contributed by atoms with Crippen LogP contribution in [0.3, 0.4) is 0 Å². The quantitative estimate of drug-likeness (QED) is 0.239. The van der Waals surface area contributed by atoms with Gasteiger partial charge in [-0.25, -0.2) is 0 Å². The predicted molar refractivity (Wildman–Crippen MR) is 133 cm³/mol. The van der Waals surface area contributed by atoms with Crippen LogP contribution < -0.4 is 14.2 Å². The summed E-state index contributed by atoms with van der Waals surface area (Å²) in [5.41, 5.74) is 0.919. The highest BCUT2D eigenvalue weighted by atomic mass is 16.5. The first-order valence-electron chi connectivity index (χ1n) is 11.9. The van der Waals surface area contributed by atoms with Crippen LogP contribution in [-0.4, -0.2) is 41.5 Å². The number of nitrogens with zero attached hydrogens (tertiary/aromatic N) is 1. The molecule has 1 atom stereocenters. The molecule has 1 unspecified atom stereocenters. The molecule has 0 spiro atoms. The second-order valence-electron chi connectivity index (χ2n) is 8.03. The molecule has 0 aliphatic carbocycles. The van der Waals surface area contributed by atoms with Gasteiger partial charge in [0.15, 0.2) is 0 Å². The maximum absolute atomic E-state index is 13.3. The van der Waals surface area contributed by atoms with Crippen molar-refractivity contribution in [1.82, 2.24) is 4.90 Å². The van der Waals surface area contributed by atoms with E-state index in [1.165, 1.54) is 11.2 Å². The SMILES string of the molecule is CCOc1ccc(C2/C(=C(/O)c3ccc(OCC)cc3OCC)C(=O)C(=O)N2Cc2ccco2)cc1. The Bertz CT molecular complexity index is 1250. The van der Waals surface area contributed by atoms with Crippen molar-refractivity contribution in [3.05, 3.63) is 83.3 Å². The van der Waals surface area contributed by atoms with Crippen molar-refractivity contribution in [2.45, 2.75) is 33.4 Å². The Morgan fingerprint density at radius 3 is 2.22 bits per heavy atom. The van der Waals surface area contributed by atoms with Crippen molar-refractivity contribution < 1.29 is 33.3 Å². The molecule has 8 heteroatoms. The number of amides is 1. The molecule has 36 heavy (non-hydrogen) atoms. The zero-order valence-electron chi connectivity index (χ0n) is 20.5. The third-order valence-corrected chi connectivity index (χ3v) is 5.77. The monoisotopic (exact) mass is 491 g/mol. The van der Waals surface area contributed by atoms with Gasteiger partial charge >= 0.3 is 0 Å². The van der Waals surface area contributed by atoms with Gasteiger partial charge in [0.1, 0.15) is 28.8 Å². The number of benzene rings is 2. The summed E-state index contributed by atoms with van der Waals surface area (Å²) in [5, 5.41) is 11.5. The lowest BCUT2D eigenvalue weighted by Crippen LogP contribution is -2.29. The molecular formula is C28H29NO7. The molecule has 3 aromatic rings. The van der Waals surface area contributed by atoms with Gasteiger partial charge in [0, 0.05) is 6.07 Å². The number of ether oxygens (including phenoxy) is 3. The van der Waals surface area contributed by atoms with Gasteiger partial charge in [0.05, 0.1) is 49.8 Å². The zero-order valence-corrected chi connectivity index (χ0v) is 20.5. The minimum atomic E-state index is -0.841. The van der Waals surface area contributed by atoms with E-state index in [1.807, 2.05) is 20.8 Å². The lowest BCUT2D eigenvalue weighted by molar-refractivity contribution is -0.140. The Balaban J connectivity index is 1.85. The second-order valence-corrected chi connectivity index (χ2v) is 8.03. The first-order valence-corrected chi connectivity index (χ1v) is 11.9. The number of aliphatic hydroxyl groups is 1. The van der Waals surface area contributed by atoms with Gasteiger partial charge in [-0.2, -0.15) is 0 Å². The minimum Gasteiger partial charge on any atom is -0.507 e. The highest BCUT2D eigenvalue weighted by molar-refractivity contribution is 6.46. The fourth-order valence-corrected chi connectivity index (χ4v) is 4.25. The van der Waals surface area contributed by atoms with Gasteiger partial charge in [0.25, 0.3) is 11.7 Å². The maximum atomic E-state index is 13.3. The van der Waals surface area contributed by atoms with Crippen LogP contribution in [0.5, 0.6) is 17.2 Å². The van der Waals surface area contributed by atoms with E-state index in [0.29, 0.717) is 54.0 Å². The molecule has 0 radical (unpaired) electrons. The Hall–Kier alpha value is -4.20. The number of carbonyl (C=O) groups excluding carboxylic acids is 2. The number of ketones is 1. The normalized spacial score (nSPS) is 16.9. The lowest BCUT2D eigenvalue weighted by atomic mass is 9.95. The fraction of sp³-hybridized carbons (Fsp3) is 0.286. The van der Waals surface area contributed by atoms with E-state index in [1.54, 1.807) is 54.6 Å². The topological polar surface area (TPSA) is 98.4 Å². The molecule has 1 aliphatic heterocycles. The first-order chi connectivity index (χ1) is 17.5. The summed E-state index contributed by atoms with van der Waals surface area (Å²) in [6.45, 7) is 6.95. The first kappa shape index (κ1) is 24.9. The molecule has 8 nitrogen and oxygen atoms in total. The molecular weight excluding hydrogens is 462 g/mol. The fourth-order valence-electron chi connectivity index (χ4n) is 4.25. The standard InChI is InChI=1S/C28H29NO7/c1-4-33-19-11-9-18(10-12-19)25-24(27(31)28(32)29(25)17-21-8-7-15-36-21)26(30)22-14-13-20(34-5-2)16-23(22)35-6-3/h7-16,25,30H,4-6,17H2,1-3H3/b26-24-. The van der Waals surface area contributed by atoms with Crippen LogP contribution in [-0.2, 0) is 16.1 Å². The predicted octanol–water partition coefficient (Wildman–Crippen LogP) is 5.10. The lowest BCUT2D eigenvalue weighted by Gasteiger charge is -2.25. The van der Waals surface area contributed by atoms with Gasteiger partial charge in [0.2, 0.25) is 0 Å². The smallest absolute Gasteiger partial charge is 0.296 e. The summed E-state index contributed by atoms with van der Waals surface area (Å²) in [4.78, 5) is 27.9. The van der Waals surface area contributed by atoms with Crippen LogP contribution in [0.15, 0.2) is 70.9 Å². The number of Topliss-reactive ketones (excluding diaryl/α,β-unsaturated/α-hetero) is 1. The third-order valence-electron chi connectivity index (χ3n) is 5.77. The van der Waals surface area contributed by atoms with E-state index < -0.39 is 17.7 Å². The summed E-state index contributed by atoms with van der Waals surface area (Å²) >= 11 is 0. The van der Waals surface area contributed by atoms with Crippen molar-refractivity contribution in [2.24, 2.45) is 0 Å². The van der Waals surface area contributed by atoms with E-state index in [0.717, 1.165) is 0 Å². The summed E-state index contributed by atoms with van der Waals surface area (Å²) in [6.07, 6.45) is 1.51. The van der Waals surface area contributed by atoms with Crippen molar-refractivity contribution >= 4 is 17.4 Å². The van der Waals surface area contributed by atoms with Crippen molar-refractivity contribution in [2.75, 3.05) is 19.8 Å². The molecule has 2 aromatic carbocycles. The van der Waals surface area contributed by atoms with Gasteiger partial charge in [-0.15, -0.1) is 0 Å². The van der Waals surface area contributed by atoms with E-state index in [9.17, 15) is 14.7 Å². The van der Waals surface area contributed by atoms with Crippen LogP contribution in [0.25, 0.3) is 5.76 Å². The third kappa shape index (κ3) is 4.93. The van der Waals surface area contributed by atoms with Gasteiger partial charge in [-0.3, -0.25) is 9.59 Å². The summed E-state index contributed by atoms with van der Waals surface area (Å²) in [5.74, 6) is 0.270. The van der Waals surface area contributed by atoms with Crippen molar-refractivity contribution in [3.63, 3.8) is 0 Å². The number of likely N-dealkylation sites (tertiary alicyclic amines) is 1. The van der Waals surface area contributed by atoms with Crippen molar-refractivity contribution in [3.8, 4) is 17.2 Å². The number of aliphatic hydroxyl groups excluding tert-OH is 1. The number of rotatable bonds is 10. The molecule has 188 valence electrons. The van der Waals surface area contributed by atoms with Gasteiger partial charge < -0.3 is 28.6 Å². The molecule has 0 saturated carbocycles. The minimum absolute atomic E-state index is 0.0270. The average Bonchev–Trinajstić information content (AvgIpc) is 3.47. The number of furan rings is 1. The molecule has 2 heterocycles. The van der Waals surface area contributed by atoms with Crippen LogP contribution in [0, 0.1) is 0 Å². The van der Waals surface area contributed by atoms with E-state index in [4.69, 9.17) is 18.6 Å². The summed E-state index contributed by atoms with van der Waals surface area (Å²) in [6, 6.07) is 14.7. The Kier molecular flexibility index (Phi) is 7.63. The molecule has 1 fully saturated rings. The van der Waals surface area contributed by atoms with E-state index in [-0.39, 0.29) is 17.9 Å². The van der Waals surface area contributed by atoms with Crippen LogP contribution in [0.1, 0.15) is 43.7 Å². The van der Waals surface area contributed by atoms with Gasteiger partial charge in [-0.1, -0.05) is 12.1 Å². The van der Waals surface area contributed by atoms with E-state index in [2.05, 4.69) is 0 Å². The molecule has 1 aliphatic rings. The van der Waals surface area contributed by atoms with Gasteiger partial charge in [-0.05, 0) is 62.7 Å².